The van der Waals surface area contributed by atoms with Gasteiger partial charge < -0.3 is 0 Å². The molecule has 1 rings (SSSR count). The van der Waals surface area contributed by atoms with Gasteiger partial charge in [-0.3, -0.25) is 20.4 Å². The van der Waals surface area contributed by atoms with Crippen LogP contribution in [0.2, 0.25) is 0 Å². The summed E-state index contributed by atoms with van der Waals surface area (Å²) >= 11 is 6.31. The van der Waals surface area contributed by atoms with Crippen molar-refractivity contribution in [3.63, 3.8) is 0 Å². The molecule has 0 aromatic heterocycles. The van der Waals surface area contributed by atoms with E-state index in [0.29, 0.717) is 17.5 Å². The summed E-state index contributed by atoms with van der Waals surface area (Å²) in [5, 5.41) is 0. The minimum atomic E-state index is -4.53. The third-order valence-corrected chi connectivity index (χ3v) is 5.33. The summed E-state index contributed by atoms with van der Waals surface area (Å²) in [6.07, 6.45) is -3.61. The molecular weight excluding hydrogens is 466 g/mol. The summed E-state index contributed by atoms with van der Waals surface area (Å²) in [4.78, 5) is 12.6. The average molecular weight is 481 g/mol. The lowest BCUT2D eigenvalue weighted by atomic mass is 10.2. The number of hydrogen-bond donors (Lipinski definition) is 2. The largest absolute Gasteiger partial charge is 0.416 e. The molecule has 0 saturated carbocycles. The predicted molar refractivity (Wildman–Crippen MR) is 90.4 cm³/mol. The number of carbonyl (C=O) groups excluding carboxylic acids is 1. The molecule has 5 nitrogen and oxygen atoms in total. The lowest BCUT2D eigenvalue weighted by Gasteiger charge is -2.31. The van der Waals surface area contributed by atoms with Gasteiger partial charge in [0.05, 0.1) is 11.3 Å². The highest BCUT2D eigenvalue weighted by molar-refractivity contribution is 9.25. The number of carbonyl (C=O) groups is 1. The fraction of sp³-hybridized carbons (Fsp3) is 0.417. The number of hydrogen-bond acceptors (Lipinski definition) is 2. The van der Waals surface area contributed by atoms with E-state index < -0.39 is 28.5 Å². The average Bonchev–Trinajstić information content (AvgIpc) is 2.36. The van der Waals surface area contributed by atoms with Crippen LogP contribution in [0.25, 0.3) is 0 Å². The minimum absolute atomic E-state index is 0.0873. The Morgan fingerprint density at radius 1 is 1.22 bits per heavy atom. The van der Waals surface area contributed by atoms with Gasteiger partial charge in [0.2, 0.25) is 0 Å². The molecule has 0 saturated heterocycles. The van der Waals surface area contributed by atoms with Crippen molar-refractivity contribution >= 4 is 51.0 Å². The molecule has 0 aliphatic rings. The van der Waals surface area contributed by atoms with E-state index in [4.69, 9.17) is 11.0 Å². The van der Waals surface area contributed by atoms with Crippen LogP contribution in [0.1, 0.15) is 25.3 Å². The van der Waals surface area contributed by atoms with Gasteiger partial charge in [-0.2, -0.15) is 13.2 Å². The van der Waals surface area contributed by atoms with Crippen LogP contribution in [0, 0.1) is 0 Å². The van der Waals surface area contributed by atoms with Crippen molar-refractivity contribution < 1.29 is 22.5 Å². The first kappa shape index (κ1) is 20.6. The predicted octanol–water partition coefficient (Wildman–Crippen LogP) is 4.35. The van der Waals surface area contributed by atoms with Gasteiger partial charge in [-0.1, -0.05) is 45.2 Å². The molecule has 4 N–H and O–H groups in total. The molecule has 0 aliphatic carbocycles. The van der Waals surface area contributed by atoms with Crippen LogP contribution in [0.4, 0.5) is 18.9 Å². The first-order chi connectivity index (χ1) is 10.3. The highest BCUT2D eigenvalue weighted by atomic mass is 79.9. The van der Waals surface area contributed by atoms with Gasteiger partial charge in [0, 0.05) is 0 Å². The number of halogens is 5. The third kappa shape index (κ3) is 5.29. The second kappa shape index (κ2) is 7.23. The van der Waals surface area contributed by atoms with Gasteiger partial charge in [-0.15, -0.1) is 0 Å². The zero-order valence-electron chi connectivity index (χ0n) is 12.0. The normalized spacial score (nSPS) is 13.0. The molecule has 0 radical (unpaired) electrons. The Balaban J connectivity index is 3.29. The zero-order chi connectivity index (χ0) is 18.1. The fourth-order valence-corrected chi connectivity index (χ4v) is 4.18. The smallest absolute Gasteiger partial charge is 0.271 e. The number of anilines is 1. The van der Waals surface area contributed by atoms with Gasteiger partial charge in [0.25, 0.3) is 5.91 Å². The molecular formula is C12H15Br2F3N3O2P. The molecule has 0 fully saturated rings. The Morgan fingerprint density at radius 3 is 2.04 bits per heavy atom. The standard InChI is InChI=1S/C12H15Br2F3N3O2P/c1-2-7-11(13,14)10(21)20(23(18,19)22)9-5-3-8(4-6-9)12(15,16)17/h3-6H,2,7H2,1H3,(H4,18,19,22). The van der Waals surface area contributed by atoms with Gasteiger partial charge in [0.1, 0.15) is 0 Å². The number of rotatable bonds is 5. The molecule has 0 heterocycles. The lowest BCUT2D eigenvalue weighted by Crippen LogP contribution is -2.43. The van der Waals surface area contributed by atoms with Crippen LogP contribution in [-0.2, 0) is 15.5 Å². The van der Waals surface area contributed by atoms with Crippen LogP contribution >= 0.6 is 39.5 Å². The van der Waals surface area contributed by atoms with Crippen LogP contribution < -0.4 is 15.7 Å². The molecule has 0 atom stereocenters. The van der Waals surface area contributed by atoms with Crippen molar-refractivity contribution in [2.24, 2.45) is 11.0 Å². The Morgan fingerprint density at radius 2 is 1.70 bits per heavy atom. The molecule has 0 bridgehead atoms. The minimum Gasteiger partial charge on any atom is -0.271 e. The van der Waals surface area contributed by atoms with E-state index in [1.807, 2.05) is 6.92 Å². The van der Waals surface area contributed by atoms with Crippen molar-refractivity contribution in [1.29, 1.82) is 0 Å². The van der Waals surface area contributed by atoms with E-state index >= 15 is 0 Å². The van der Waals surface area contributed by atoms with E-state index in [1.165, 1.54) is 0 Å². The maximum Gasteiger partial charge on any atom is 0.416 e. The SMILES string of the molecule is CCCC(Br)(Br)C(=O)N(c1ccc(C(F)(F)F)cc1)P(N)(N)=O. The van der Waals surface area contributed by atoms with Crippen LogP contribution in [-0.4, -0.2) is 9.14 Å². The van der Waals surface area contributed by atoms with Crippen molar-refractivity contribution in [1.82, 2.24) is 0 Å². The van der Waals surface area contributed by atoms with Crippen molar-refractivity contribution in [3.8, 4) is 0 Å². The van der Waals surface area contributed by atoms with Crippen molar-refractivity contribution in [3.05, 3.63) is 29.8 Å². The molecule has 11 heteroatoms. The maximum absolute atomic E-state index is 12.6. The molecule has 23 heavy (non-hydrogen) atoms. The first-order valence-corrected chi connectivity index (χ1v) is 9.76. The van der Waals surface area contributed by atoms with Gasteiger partial charge >= 0.3 is 13.8 Å². The number of amides is 1. The van der Waals surface area contributed by atoms with E-state index in [0.717, 1.165) is 24.3 Å². The molecule has 0 spiro atoms. The summed E-state index contributed by atoms with van der Waals surface area (Å²) in [6, 6.07) is 3.51. The van der Waals surface area contributed by atoms with Crippen molar-refractivity contribution in [2.75, 3.05) is 4.67 Å². The third-order valence-electron chi connectivity index (χ3n) is 2.82. The van der Waals surface area contributed by atoms with E-state index in [-0.39, 0.29) is 5.69 Å². The molecule has 1 aromatic carbocycles. The number of nitrogens with two attached hydrogens (primary N) is 2. The molecule has 1 aromatic rings. The van der Waals surface area contributed by atoms with E-state index in [1.54, 1.807) is 0 Å². The maximum atomic E-state index is 12.6. The Bertz CT molecular complexity index is 617. The molecule has 130 valence electrons. The number of alkyl halides is 5. The molecule has 0 aliphatic heterocycles. The second-order valence-corrected chi connectivity index (χ2v) is 10.3. The summed E-state index contributed by atoms with van der Waals surface area (Å²) in [5.74, 6) is -0.757. The molecule has 1 amide bonds. The van der Waals surface area contributed by atoms with Crippen LogP contribution in [0.15, 0.2) is 24.3 Å². The Kier molecular flexibility index (Phi) is 6.48. The zero-order valence-corrected chi connectivity index (χ0v) is 16.0. The summed E-state index contributed by atoms with van der Waals surface area (Å²) < 4.78 is 49.2. The van der Waals surface area contributed by atoms with Crippen LogP contribution in [0.3, 0.4) is 0 Å². The van der Waals surface area contributed by atoms with E-state index in [9.17, 15) is 22.5 Å². The lowest BCUT2D eigenvalue weighted by molar-refractivity contribution is -0.137. The highest BCUT2D eigenvalue weighted by Crippen LogP contribution is 2.44. The summed E-state index contributed by atoms with van der Waals surface area (Å²) in [6.45, 7) is 1.82. The summed E-state index contributed by atoms with van der Waals surface area (Å²) in [5.41, 5.74) is 9.81. The van der Waals surface area contributed by atoms with Crippen LogP contribution in [0.5, 0.6) is 0 Å². The number of nitrogens with zero attached hydrogens (tertiary/aromatic N) is 1. The van der Waals surface area contributed by atoms with E-state index in [2.05, 4.69) is 31.9 Å². The Hall–Kier alpha value is -0.410. The quantitative estimate of drug-likeness (QED) is 0.484. The van der Waals surface area contributed by atoms with Gasteiger partial charge in [-0.25, -0.2) is 4.67 Å². The topological polar surface area (TPSA) is 89.4 Å². The Labute approximate surface area is 148 Å². The van der Waals surface area contributed by atoms with Gasteiger partial charge in [0.15, 0.2) is 3.23 Å². The van der Waals surface area contributed by atoms with Gasteiger partial charge in [-0.05, 0) is 30.7 Å². The summed E-state index contributed by atoms with van der Waals surface area (Å²) in [7, 11) is -4.09. The fourth-order valence-electron chi connectivity index (χ4n) is 1.81. The monoisotopic (exact) mass is 479 g/mol. The first-order valence-electron chi connectivity index (χ1n) is 6.38. The number of benzene rings is 1. The highest BCUT2D eigenvalue weighted by Gasteiger charge is 2.41. The second-order valence-electron chi connectivity index (χ2n) is 4.79. The molecule has 0 unspecified atom stereocenters. The van der Waals surface area contributed by atoms with Crippen molar-refractivity contribution in [2.45, 2.75) is 29.2 Å².